The highest BCUT2D eigenvalue weighted by molar-refractivity contribution is 5.81. The number of hydrogen-bond donors (Lipinski definition) is 0. The molecule has 10 nitrogen and oxygen atoms in total. The molecule has 276 valence electrons. The molecule has 0 saturated carbocycles. The van der Waals surface area contributed by atoms with Crippen molar-refractivity contribution in [3.05, 3.63) is 42.7 Å². The highest BCUT2D eigenvalue weighted by atomic mass is 16.7. The van der Waals surface area contributed by atoms with Crippen LogP contribution in [0, 0.1) is 5.92 Å². The number of unbranched alkanes of at least 4 members (excludes halogenated alkanes) is 11. The van der Waals surface area contributed by atoms with Crippen LogP contribution in [0.1, 0.15) is 102 Å². The van der Waals surface area contributed by atoms with Gasteiger partial charge in [0.15, 0.2) is 25.2 Å². The monoisotopic (exact) mass is 680 g/mol. The van der Waals surface area contributed by atoms with Crippen LogP contribution in [0.2, 0.25) is 0 Å². The molecule has 48 heavy (non-hydrogen) atoms. The van der Waals surface area contributed by atoms with E-state index < -0.39 is 5.97 Å². The smallest absolute Gasteiger partial charge is 0.330 e. The van der Waals surface area contributed by atoms with Crippen molar-refractivity contribution in [2.24, 2.45) is 5.92 Å². The second kappa shape index (κ2) is 31.1. The normalized spacial score (nSPS) is 16.3. The van der Waals surface area contributed by atoms with Crippen LogP contribution in [-0.2, 0) is 49.2 Å². The van der Waals surface area contributed by atoms with Gasteiger partial charge in [0.25, 0.3) is 0 Å². The fourth-order valence-corrected chi connectivity index (χ4v) is 5.36. The fourth-order valence-electron chi connectivity index (χ4n) is 5.36. The summed E-state index contributed by atoms with van der Waals surface area (Å²) in [4.78, 5) is 10.9. The number of ether oxygens (including phenoxy) is 8. The van der Waals surface area contributed by atoms with Crippen LogP contribution >= 0.6 is 0 Å². The van der Waals surface area contributed by atoms with Gasteiger partial charge in [-0.2, -0.15) is 0 Å². The number of rotatable bonds is 33. The molecule has 2 rings (SSSR count). The standard InChI is InChI=1S/C38H66NO9/c1-3-5-6-7-8-9-10-11-12-13-14-15-16-35-33-47-38(48-34-35)36-17-19-39(20-18-36)21-22-41-23-24-42-25-26-43-27-28-44-29-30-45-31-32-46-37(40)4-2/h4,17-20,35,38H,2-3,5-16,21-34H2,1H3/q+1. The summed E-state index contributed by atoms with van der Waals surface area (Å²) < 4.78 is 46.5. The summed E-state index contributed by atoms with van der Waals surface area (Å²) in [5.74, 6) is 0.0619. The lowest BCUT2D eigenvalue weighted by Crippen LogP contribution is -2.36. The van der Waals surface area contributed by atoms with Gasteiger partial charge < -0.3 is 37.9 Å². The number of nitrogens with zero attached hydrogens (tertiary/aromatic N) is 1. The summed E-state index contributed by atoms with van der Waals surface area (Å²) >= 11 is 0. The van der Waals surface area contributed by atoms with E-state index in [1.54, 1.807) is 0 Å². The van der Waals surface area contributed by atoms with Crippen LogP contribution in [0.5, 0.6) is 0 Å². The largest absolute Gasteiger partial charge is 0.460 e. The van der Waals surface area contributed by atoms with Gasteiger partial charge >= 0.3 is 5.97 Å². The van der Waals surface area contributed by atoms with Crippen LogP contribution in [0.4, 0.5) is 0 Å². The van der Waals surface area contributed by atoms with Gasteiger partial charge in [-0.05, 0) is 6.42 Å². The minimum Gasteiger partial charge on any atom is -0.460 e. The molecule has 0 spiro atoms. The van der Waals surface area contributed by atoms with Crippen molar-refractivity contribution in [2.75, 3.05) is 85.9 Å². The van der Waals surface area contributed by atoms with E-state index in [0.717, 1.165) is 31.4 Å². The number of aromatic nitrogens is 1. The van der Waals surface area contributed by atoms with Gasteiger partial charge in [0.05, 0.1) is 72.7 Å². The van der Waals surface area contributed by atoms with Crippen molar-refractivity contribution in [1.82, 2.24) is 0 Å². The van der Waals surface area contributed by atoms with E-state index in [1.165, 1.54) is 83.5 Å². The Morgan fingerprint density at radius 1 is 0.688 bits per heavy atom. The predicted octanol–water partition coefficient (Wildman–Crippen LogP) is 6.54. The Bertz CT molecular complexity index is 877. The Morgan fingerprint density at radius 2 is 1.12 bits per heavy atom. The van der Waals surface area contributed by atoms with Crippen molar-refractivity contribution in [1.29, 1.82) is 0 Å². The predicted molar refractivity (Wildman–Crippen MR) is 186 cm³/mol. The zero-order valence-electron chi connectivity index (χ0n) is 30.0. The third-order valence-electron chi connectivity index (χ3n) is 8.24. The van der Waals surface area contributed by atoms with Crippen molar-refractivity contribution < 1.29 is 47.3 Å². The lowest BCUT2D eigenvalue weighted by molar-refractivity contribution is -0.698. The molecule has 0 atom stereocenters. The lowest BCUT2D eigenvalue weighted by atomic mass is 10.0. The molecular weight excluding hydrogens is 614 g/mol. The average molecular weight is 681 g/mol. The summed E-state index contributed by atoms with van der Waals surface area (Å²) in [6.07, 6.45) is 22.8. The molecule has 1 aliphatic heterocycles. The lowest BCUT2D eigenvalue weighted by Gasteiger charge is -2.29. The Hall–Kier alpha value is -1.92. The topological polar surface area (TPSA) is 94.8 Å². The van der Waals surface area contributed by atoms with Crippen LogP contribution in [0.3, 0.4) is 0 Å². The fraction of sp³-hybridized carbons (Fsp3) is 0.789. The summed E-state index contributed by atoms with van der Waals surface area (Å²) in [6.45, 7) is 13.0. The van der Waals surface area contributed by atoms with Gasteiger partial charge in [-0.25, -0.2) is 9.36 Å². The molecule has 10 heteroatoms. The molecule has 1 fully saturated rings. The molecule has 0 N–H and O–H groups in total. The van der Waals surface area contributed by atoms with E-state index >= 15 is 0 Å². The quantitative estimate of drug-likeness (QED) is 0.0355. The SMILES string of the molecule is C=CC(=O)OCCOCCOCCOCCOCCOCC[n+]1ccc(C2OCC(CCCCCCCCCCCCCC)CO2)cc1. The van der Waals surface area contributed by atoms with Gasteiger partial charge in [0.2, 0.25) is 0 Å². The third-order valence-corrected chi connectivity index (χ3v) is 8.24. The van der Waals surface area contributed by atoms with E-state index in [1.807, 2.05) is 0 Å². The van der Waals surface area contributed by atoms with Crippen LogP contribution in [-0.4, -0.2) is 91.9 Å². The molecule has 0 aromatic carbocycles. The van der Waals surface area contributed by atoms with Crippen molar-refractivity contribution in [3.63, 3.8) is 0 Å². The van der Waals surface area contributed by atoms with E-state index in [9.17, 15) is 4.79 Å². The molecule has 1 aromatic rings. The first-order valence-electron chi connectivity index (χ1n) is 18.6. The molecule has 1 aromatic heterocycles. The number of esters is 1. The molecule has 0 bridgehead atoms. The first-order chi connectivity index (χ1) is 23.7. The van der Waals surface area contributed by atoms with Gasteiger partial charge in [0, 0.05) is 29.7 Å². The molecule has 1 saturated heterocycles. The minimum absolute atomic E-state index is 0.207. The highest BCUT2D eigenvalue weighted by Crippen LogP contribution is 2.27. The molecule has 0 radical (unpaired) electrons. The molecule has 2 heterocycles. The number of pyridine rings is 1. The maximum Gasteiger partial charge on any atom is 0.330 e. The zero-order valence-corrected chi connectivity index (χ0v) is 30.0. The first kappa shape index (κ1) is 42.2. The van der Waals surface area contributed by atoms with Crippen molar-refractivity contribution in [2.45, 2.75) is 103 Å². The second-order valence-electron chi connectivity index (χ2n) is 12.3. The van der Waals surface area contributed by atoms with E-state index in [-0.39, 0.29) is 12.9 Å². The highest BCUT2D eigenvalue weighted by Gasteiger charge is 2.24. The van der Waals surface area contributed by atoms with E-state index in [0.29, 0.717) is 72.0 Å². The summed E-state index contributed by atoms with van der Waals surface area (Å²) in [5.41, 5.74) is 1.06. The molecule has 0 aliphatic carbocycles. The van der Waals surface area contributed by atoms with E-state index in [4.69, 9.17) is 37.9 Å². The first-order valence-corrected chi connectivity index (χ1v) is 18.6. The van der Waals surface area contributed by atoms with Crippen LogP contribution in [0.15, 0.2) is 37.2 Å². The van der Waals surface area contributed by atoms with Crippen LogP contribution in [0.25, 0.3) is 0 Å². The van der Waals surface area contributed by atoms with Gasteiger partial charge in [-0.15, -0.1) is 0 Å². The molecule has 0 amide bonds. The molecular formula is C38H66NO9+. The van der Waals surface area contributed by atoms with Gasteiger partial charge in [0.1, 0.15) is 13.2 Å². The third kappa shape index (κ3) is 23.4. The summed E-state index contributed by atoms with van der Waals surface area (Å²) in [6, 6.07) is 4.15. The minimum atomic E-state index is -0.450. The van der Waals surface area contributed by atoms with Crippen LogP contribution < -0.4 is 4.57 Å². The van der Waals surface area contributed by atoms with Gasteiger partial charge in [-0.3, -0.25) is 0 Å². The summed E-state index contributed by atoms with van der Waals surface area (Å²) in [5, 5.41) is 0. The molecule has 0 unspecified atom stereocenters. The van der Waals surface area contributed by atoms with Crippen molar-refractivity contribution >= 4 is 5.97 Å². The number of carbonyl (C=O) groups is 1. The van der Waals surface area contributed by atoms with Gasteiger partial charge in [-0.1, -0.05) is 90.6 Å². The number of carbonyl (C=O) groups excluding carboxylic acids is 1. The maximum absolute atomic E-state index is 10.9. The summed E-state index contributed by atoms with van der Waals surface area (Å²) in [7, 11) is 0. The second-order valence-corrected chi connectivity index (χ2v) is 12.3. The number of hydrogen-bond acceptors (Lipinski definition) is 9. The zero-order chi connectivity index (χ0) is 34.2. The van der Waals surface area contributed by atoms with E-state index in [2.05, 4.69) is 42.6 Å². The molecule has 1 aliphatic rings. The Labute approximate surface area is 290 Å². The average Bonchev–Trinajstić information content (AvgIpc) is 3.12. The Balaban J connectivity index is 1.33. The maximum atomic E-state index is 10.9. The van der Waals surface area contributed by atoms with Crippen molar-refractivity contribution in [3.8, 4) is 0 Å². The Morgan fingerprint density at radius 3 is 1.60 bits per heavy atom. The Kier molecular flexibility index (Phi) is 27.4.